The number of nitrogens with one attached hydrogen (secondary N) is 1. The number of hydrogen-bond donors (Lipinski definition) is 1. The largest absolute Gasteiger partial charge is 0.497 e. The number of amides is 1. The van der Waals surface area contributed by atoms with Crippen LogP contribution in [0.1, 0.15) is 41.1 Å². The number of carbonyl (C=O) groups is 1. The number of carbonyl (C=O) groups excluding carboxylic acids is 1. The Balaban J connectivity index is 1.51. The fourth-order valence-electron chi connectivity index (χ4n) is 3.58. The van der Waals surface area contributed by atoms with Crippen LogP contribution in [0.15, 0.2) is 47.1 Å². The zero-order valence-corrected chi connectivity index (χ0v) is 16.0. The first-order valence-electron chi connectivity index (χ1n) is 9.46. The summed E-state index contributed by atoms with van der Waals surface area (Å²) < 4.78 is 10.9. The van der Waals surface area contributed by atoms with Gasteiger partial charge in [0.1, 0.15) is 11.3 Å². The molecule has 140 valence electrons. The molecule has 1 amide bonds. The zero-order valence-electron chi connectivity index (χ0n) is 16.0. The lowest BCUT2D eigenvalue weighted by atomic mass is 10.0. The van der Waals surface area contributed by atoms with E-state index >= 15 is 0 Å². The topological polar surface area (TPSA) is 51.5 Å². The highest BCUT2D eigenvalue weighted by Crippen LogP contribution is 2.41. The third-order valence-corrected chi connectivity index (χ3v) is 5.51. The van der Waals surface area contributed by atoms with Gasteiger partial charge in [-0.15, -0.1) is 0 Å². The van der Waals surface area contributed by atoms with Gasteiger partial charge in [-0.1, -0.05) is 12.1 Å². The van der Waals surface area contributed by atoms with Crippen LogP contribution in [0.4, 0.5) is 0 Å². The summed E-state index contributed by atoms with van der Waals surface area (Å²) in [5, 5.41) is 4.27. The first-order valence-corrected chi connectivity index (χ1v) is 9.46. The Hall–Kier alpha value is -2.75. The number of fused-ring (bicyclic) bond motifs is 1. The van der Waals surface area contributed by atoms with Crippen LogP contribution in [0.3, 0.4) is 0 Å². The van der Waals surface area contributed by atoms with Crippen molar-refractivity contribution in [2.45, 2.75) is 39.2 Å². The van der Waals surface area contributed by atoms with E-state index in [0.717, 1.165) is 40.7 Å². The Morgan fingerprint density at radius 1 is 1.19 bits per heavy atom. The molecule has 2 aromatic carbocycles. The van der Waals surface area contributed by atoms with Crippen LogP contribution in [-0.2, 0) is 11.2 Å². The summed E-state index contributed by atoms with van der Waals surface area (Å²) in [5.41, 5.74) is 5.32. The van der Waals surface area contributed by atoms with Gasteiger partial charge in [-0.2, -0.15) is 0 Å². The van der Waals surface area contributed by atoms with Crippen molar-refractivity contribution in [3.8, 4) is 5.75 Å². The molecule has 0 radical (unpaired) electrons. The van der Waals surface area contributed by atoms with Crippen molar-refractivity contribution >= 4 is 16.9 Å². The summed E-state index contributed by atoms with van der Waals surface area (Å²) in [5.74, 6) is 1.38. The smallest absolute Gasteiger partial charge is 0.225 e. The molecule has 27 heavy (non-hydrogen) atoms. The highest BCUT2D eigenvalue weighted by Gasteiger charge is 2.33. The molecular weight excluding hydrogens is 338 g/mol. The van der Waals surface area contributed by atoms with Gasteiger partial charge < -0.3 is 14.5 Å². The molecule has 4 rings (SSSR count). The van der Waals surface area contributed by atoms with Gasteiger partial charge in [-0.3, -0.25) is 4.79 Å². The van der Waals surface area contributed by atoms with Gasteiger partial charge in [0, 0.05) is 10.9 Å². The number of ether oxygens (including phenoxy) is 1. The van der Waals surface area contributed by atoms with E-state index in [2.05, 4.69) is 25.2 Å². The number of methoxy groups -OCH3 is 1. The van der Waals surface area contributed by atoms with Crippen LogP contribution < -0.4 is 10.1 Å². The average molecular weight is 363 g/mol. The van der Waals surface area contributed by atoms with Crippen LogP contribution >= 0.6 is 0 Å². The Kier molecular flexibility index (Phi) is 4.65. The minimum Gasteiger partial charge on any atom is -0.497 e. The summed E-state index contributed by atoms with van der Waals surface area (Å²) in [4.78, 5) is 12.8. The van der Waals surface area contributed by atoms with Crippen molar-refractivity contribution in [1.29, 1.82) is 0 Å². The Bertz CT molecular complexity index is 967. The number of aryl methyl sites for hydroxylation is 2. The van der Waals surface area contributed by atoms with Gasteiger partial charge in [0.15, 0.2) is 0 Å². The van der Waals surface area contributed by atoms with Gasteiger partial charge in [-0.25, -0.2) is 0 Å². The molecule has 1 N–H and O–H groups in total. The SMILES string of the molecule is COc1ccc(C(NC(=O)Cc2coc3cc(C)c(C)cc23)C2CC2)cc1. The lowest BCUT2D eigenvalue weighted by Crippen LogP contribution is -2.31. The third-order valence-electron chi connectivity index (χ3n) is 5.51. The Morgan fingerprint density at radius 2 is 1.89 bits per heavy atom. The van der Waals surface area contributed by atoms with E-state index < -0.39 is 0 Å². The first kappa shape index (κ1) is 17.7. The summed E-state index contributed by atoms with van der Waals surface area (Å²) in [6, 6.07) is 12.2. The molecule has 1 unspecified atom stereocenters. The molecule has 0 bridgehead atoms. The highest BCUT2D eigenvalue weighted by molar-refractivity contribution is 5.88. The standard InChI is InChI=1S/C23H25NO3/c1-14-10-20-18(13-27-21(20)11-15(14)2)12-22(25)24-23(16-4-5-16)17-6-8-19(26-3)9-7-17/h6-11,13,16,23H,4-5,12H2,1-3H3,(H,24,25). The van der Waals surface area contributed by atoms with Crippen molar-refractivity contribution < 1.29 is 13.9 Å². The first-order chi connectivity index (χ1) is 13.0. The quantitative estimate of drug-likeness (QED) is 0.680. The van der Waals surface area contributed by atoms with Gasteiger partial charge in [0.05, 0.1) is 25.8 Å². The van der Waals surface area contributed by atoms with Crippen LogP contribution in [0.2, 0.25) is 0 Å². The number of hydrogen-bond acceptors (Lipinski definition) is 3. The van der Waals surface area contributed by atoms with E-state index in [1.54, 1.807) is 13.4 Å². The maximum atomic E-state index is 12.8. The third kappa shape index (κ3) is 3.70. The molecular formula is C23H25NO3. The second-order valence-corrected chi connectivity index (χ2v) is 7.53. The van der Waals surface area contributed by atoms with Crippen molar-refractivity contribution in [2.24, 2.45) is 5.92 Å². The lowest BCUT2D eigenvalue weighted by molar-refractivity contribution is -0.121. The second kappa shape index (κ2) is 7.10. The monoisotopic (exact) mass is 363 g/mol. The van der Waals surface area contributed by atoms with Crippen LogP contribution in [0, 0.1) is 19.8 Å². The van der Waals surface area contributed by atoms with Gasteiger partial charge in [-0.05, 0) is 73.6 Å². The molecule has 1 saturated carbocycles. The Morgan fingerprint density at radius 3 is 2.56 bits per heavy atom. The maximum Gasteiger partial charge on any atom is 0.225 e. The zero-order chi connectivity index (χ0) is 19.0. The normalized spacial score (nSPS) is 14.9. The number of furan rings is 1. The van der Waals surface area contributed by atoms with Crippen LogP contribution in [0.25, 0.3) is 11.0 Å². The molecule has 0 aliphatic heterocycles. The molecule has 1 heterocycles. The molecule has 1 atom stereocenters. The summed E-state index contributed by atoms with van der Waals surface area (Å²) in [6.07, 6.45) is 4.35. The fourth-order valence-corrected chi connectivity index (χ4v) is 3.58. The van der Waals surface area contributed by atoms with E-state index in [4.69, 9.17) is 9.15 Å². The molecule has 4 nitrogen and oxygen atoms in total. The lowest BCUT2D eigenvalue weighted by Gasteiger charge is -2.19. The minimum absolute atomic E-state index is 0.0312. The van der Waals surface area contributed by atoms with Crippen molar-refractivity contribution in [2.75, 3.05) is 7.11 Å². The van der Waals surface area contributed by atoms with Crippen molar-refractivity contribution in [3.63, 3.8) is 0 Å². The van der Waals surface area contributed by atoms with Gasteiger partial charge in [0.25, 0.3) is 0 Å². The molecule has 0 spiro atoms. The van der Waals surface area contributed by atoms with Crippen molar-refractivity contribution in [1.82, 2.24) is 5.32 Å². The summed E-state index contributed by atoms with van der Waals surface area (Å²) in [7, 11) is 1.66. The molecule has 1 aliphatic carbocycles. The van der Waals surface area contributed by atoms with E-state index in [0.29, 0.717) is 12.3 Å². The van der Waals surface area contributed by atoms with E-state index in [9.17, 15) is 4.79 Å². The van der Waals surface area contributed by atoms with E-state index in [-0.39, 0.29) is 11.9 Å². The molecule has 4 heteroatoms. The second-order valence-electron chi connectivity index (χ2n) is 7.53. The molecule has 1 aromatic heterocycles. The van der Waals surface area contributed by atoms with Crippen LogP contribution in [0.5, 0.6) is 5.75 Å². The molecule has 1 aliphatic rings. The van der Waals surface area contributed by atoms with Gasteiger partial charge >= 0.3 is 0 Å². The maximum absolute atomic E-state index is 12.8. The van der Waals surface area contributed by atoms with E-state index in [1.807, 2.05) is 30.3 Å². The predicted molar refractivity (Wildman–Crippen MR) is 106 cm³/mol. The van der Waals surface area contributed by atoms with Crippen molar-refractivity contribution in [3.05, 3.63) is 64.9 Å². The van der Waals surface area contributed by atoms with Gasteiger partial charge in [0.2, 0.25) is 5.91 Å². The predicted octanol–water partition coefficient (Wildman–Crippen LogP) is 4.87. The van der Waals surface area contributed by atoms with E-state index in [1.165, 1.54) is 11.1 Å². The fraction of sp³-hybridized carbons (Fsp3) is 0.348. The minimum atomic E-state index is 0.0312. The molecule has 0 saturated heterocycles. The number of rotatable bonds is 6. The highest BCUT2D eigenvalue weighted by atomic mass is 16.5. The summed E-state index contributed by atoms with van der Waals surface area (Å²) >= 11 is 0. The average Bonchev–Trinajstić information content (AvgIpc) is 3.45. The summed E-state index contributed by atoms with van der Waals surface area (Å²) in [6.45, 7) is 4.15. The Labute approximate surface area is 159 Å². The number of benzene rings is 2. The molecule has 1 fully saturated rings. The molecule has 3 aromatic rings. The van der Waals surface area contributed by atoms with Crippen LogP contribution in [-0.4, -0.2) is 13.0 Å².